The van der Waals surface area contributed by atoms with E-state index in [1.54, 1.807) is 0 Å². The first kappa shape index (κ1) is 21.6. The summed E-state index contributed by atoms with van der Waals surface area (Å²) in [7, 11) is 0. The molecule has 1 aromatic heterocycles. The normalized spacial score (nSPS) is 26.4. The number of aromatic nitrogens is 2. The fraction of sp³-hybridized carbons (Fsp3) is 0.750. The fourth-order valence-electron chi connectivity index (χ4n) is 5.84. The molecule has 3 fully saturated rings. The number of aromatic amines is 1. The van der Waals surface area contributed by atoms with Gasteiger partial charge in [0.15, 0.2) is 0 Å². The largest absolute Gasteiger partial charge is 0.368 e. The van der Waals surface area contributed by atoms with E-state index in [9.17, 15) is 14.4 Å². The molecule has 0 radical (unpaired) electrons. The number of carbonyl (C=O) groups is 2. The lowest BCUT2D eigenvalue weighted by atomic mass is 9.98. The minimum absolute atomic E-state index is 0.0243. The van der Waals surface area contributed by atoms with Crippen LogP contribution < -0.4 is 5.56 Å². The Labute approximate surface area is 188 Å². The predicted octanol–water partition coefficient (Wildman–Crippen LogP) is 2.47. The van der Waals surface area contributed by atoms with Crippen molar-refractivity contribution < 1.29 is 14.3 Å². The third-order valence-corrected chi connectivity index (χ3v) is 7.68. The number of ether oxygens (including phenoxy) is 1. The third-order valence-electron chi connectivity index (χ3n) is 7.68. The maximum absolute atomic E-state index is 13.1. The van der Waals surface area contributed by atoms with E-state index < -0.39 is 0 Å². The summed E-state index contributed by atoms with van der Waals surface area (Å²) in [5.41, 5.74) is 1.22. The maximum atomic E-state index is 13.1. The van der Waals surface area contributed by atoms with Crippen LogP contribution in [0, 0.1) is 5.92 Å². The highest BCUT2D eigenvalue weighted by molar-refractivity contribution is 5.81. The van der Waals surface area contributed by atoms with Gasteiger partial charge < -0.3 is 19.5 Å². The average molecular weight is 443 g/mol. The molecule has 1 aliphatic carbocycles. The molecule has 174 valence electrons. The van der Waals surface area contributed by atoms with Gasteiger partial charge in [0.05, 0.1) is 23.8 Å². The lowest BCUT2D eigenvalue weighted by molar-refractivity contribution is -0.145. The van der Waals surface area contributed by atoms with Gasteiger partial charge in [0.1, 0.15) is 11.9 Å². The topological polar surface area (TPSA) is 95.6 Å². The molecule has 4 aliphatic rings. The van der Waals surface area contributed by atoms with Crippen molar-refractivity contribution in [2.24, 2.45) is 5.92 Å². The minimum atomic E-state index is -0.362. The van der Waals surface area contributed by atoms with Crippen LogP contribution in [0.3, 0.4) is 0 Å². The van der Waals surface area contributed by atoms with Crippen LogP contribution in [0.5, 0.6) is 0 Å². The Bertz CT molecular complexity index is 917. The highest BCUT2D eigenvalue weighted by Crippen LogP contribution is 2.32. The molecule has 1 N–H and O–H groups in total. The number of hydrogen-bond donors (Lipinski definition) is 1. The number of rotatable bonds is 4. The van der Waals surface area contributed by atoms with Crippen LogP contribution in [0.2, 0.25) is 0 Å². The van der Waals surface area contributed by atoms with Crippen molar-refractivity contribution in [2.75, 3.05) is 19.7 Å². The quantitative estimate of drug-likeness (QED) is 0.773. The molecule has 2 amide bonds. The standard InChI is InChI=1S/C24H34N4O4/c29-21(14-16-6-1-2-7-16)27-12-10-18-17(15-27)23(30)26-22(25-18)19-8-3-4-11-28(19)24(31)20-9-5-13-32-20/h16,19-20H,1-15H2,(H,25,26,30)/t19-,20+/m1/s1. The molecule has 8 nitrogen and oxygen atoms in total. The summed E-state index contributed by atoms with van der Waals surface area (Å²) in [6.07, 6.45) is 10.0. The first-order valence-electron chi connectivity index (χ1n) is 12.4. The van der Waals surface area contributed by atoms with Crippen molar-refractivity contribution in [1.29, 1.82) is 0 Å². The number of amides is 2. The predicted molar refractivity (Wildman–Crippen MR) is 118 cm³/mol. The first-order valence-corrected chi connectivity index (χ1v) is 12.4. The van der Waals surface area contributed by atoms with Gasteiger partial charge in [-0.05, 0) is 50.9 Å². The van der Waals surface area contributed by atoms with Crippen LogP contribution in [-0.2, 0) is 27.3 Å². The van der Waals surface area contributed by atoms with Crippen molar-refractivity contribution in [3.05, 3.63) is 27.4 Å². The van der Waals surface area contributed by atoms with E-state index in [0.29, 0.717) is 56.4 Å². The number of likely N-dealkylation sites (tertiary alicyclic amines) is 1. The zero-order valence-electron chi connectivity index (χ0n) is 18.8. The number of nitrogens with one attached hydrogen (secondary N) is 1. The number of fused-ring (bicyclic) bond motifs is 1. The molecule has 32 heavy (non-hydrogen) atoms. The van der Waals surface area contributed by atoms with E-state index in [0.717, 1.165) is 50.6 Å². The number of piperidine rings is 1. The Kier molecular flexibility index (Phi) is 6.31. The summed E-state index contributed by atoms with van der Waals surface area (Å²) in [4.78, 5) is 50.3. The number of nitrogens with zero attached hydrogens (tertiary/aromatic N) is 3. The van der Waals surface area contributed by atoms with E-state index in [4.69, 9.17) is 9.72 Å². The van der Waals surface area contributed by atoms with Gasteiger partial charge in [-0.3, -0.25) is 14.4 Å². The highest BCUT2D eigenvalue weighted by Gasteiger charge is 2.36. The Morgan fingerprint density at radius 2 is 1.84 bits per heavy atom. The van der Waals surface area contributed by atoms with Gasteiger partial charge >= 0.3 is 0 Å². The van der Waals surface area contributed by atoms with Crippen LogP contribution in [0.1, 0.15) is 87.3 Å². The smallest absolute Gasteiger partial charge is 0.256 e. The Morgan fingerprint density at radius 1 is 1.03 bits per heavy atom. The second kappa shape index (κ2) is 9.33. The zero-order valence-corrected chi connectivity index (χ0v) is 18.8. The summed E-state index contributed by atoms with van der Waals surface area (Å²) >= 11 is 0. The molecule has 2 atom stereocenters. The molecule has 3 aliphatic heterocycles. The second-order valence-electron chi connectivity index (χ2n) is 9.84. The number of carbonyl (C=O) groups excluding carboxylic acids is 2. The van der Waals surface area contributed by atoms with Crippen LogP contribution in [0.4, 0.5) is 0 Å². The van der Waals surface area contributed by atoms with Gasteiger partial charge in [-0.15, -0.1) is 0 Å². The second-order valence-corrected chi connectivity index (χ2v) is 9.84. The van der Waals surface area contributed by atoms with Crippen molar-refractivity contribution in [1.82, 2.24) is 19.8 Å². The Balaban J connectivity index is 1.32. The van der Waals surface area contributed by atoms with Crippen LogP contribution >= 0.6 is 0 Å². The van der Waals surface area contributed by atoms with Crippen molar-refractivity contribution in [3.63, 3.8) is 0 Å². The summed E-state index contributed by atoms with van der Waals surface area (Å²) < 4.78 is 5.63. The van der Waals surface area contributed by atoms with Gasteiger partial charge in [0, 0.05) is 32.5 Å². The van der Waals surface area contributed by atoms with Crippen molar-refractivity contribution in [3.8, 4) is 0 Å². The molecule has 5 rings (SSSR count). The SMILES string of the molecule is O=C(CC1CCCC1)N1CCc2nc([C@H]3CCCCN3C(=O)[C@@H]3CCCO3)[nH]c(=O)c2C1. The Hall–Kier alpha value is -2.22. The van der Waals surface area contributed by atoms with E-state index in [-0.39, 0.29) is 29.5 Å². The molecule has 0 bridgehead atoms. The maximum Gasteiger partial charge on any atom is 0.256 e. The summed E-state index contributed by atoms with van der Waals surface area (Å²) in [5, 5.41) is 0. The van der Waals surface area contributed by atoms with E-state index >= 15 is 0 Å². The summed E-state index contributed by atoms with van der Waals surface area (Å²) in [6, 6.07) is -0.208. The molecule has 8 heteroatoms. The van der Waals surface area contributed by atoms with Crippen molar-refractivity contribution >= 4 is 11.8 Å². The number of hydrogen-bond acceptors (Lipinski definition) is 5. The van der Waals surface area contributed by atoms with E-state index in [2.05, 4.69) is 4.98 Å². The van der Waals surface area contributed by atoms with Crippen molar-refractivity contribution in [2.45, 2.75) is 89.3 Å². The molecule has 2 saturated heterocycles. The summed E-state index contributed by atoms with van der Waals surface area (Å²) in [6.45, 7) is 2.26. The van der Waals surface area contributed by atoms with Gasteiger partial charge in [-0.25, -0.2) is 4.98 Å². The molecule has 0 unspecified atom stereocenters. The van der Waals surface area contributed by atoms with Crippen LogP contribution in [-0.4, -0.2) is 57.4 Å². The molecular weight excluding hydrogens is 408 g/mol. The van der Waals surface area contributed by atoms with Crippen LogP contribution in [0.25, 0.3) is 0 Å². The highest BCUT2D eigenvalue weighted by atomic mass is 16.5. The molecule has 1 aromatic rings. The van der Waals surface area contributed by atoms with Gasteiger partial charge in [-0.1, -0.05) is 12.8 Å². The first-order chi connectivity index (χ1) is 15.6. The van der Waals surface area contributed by atoms with Crippen LogP contribution in [0.15, 0.2) is 4.79 Å². The lowest BCUT2D eigenvalue weighted by Gasteiger charge is -2.37. The minimum Gasteiger partial charge on any atom is -0.368 e. The third kappa shape index (κ3) is 4.34. The molecular formula is C24H34N4O4. The summed E-state index contributed by atoms with van der Waals surface area (Å²) in [5.74, 6) is 1.27. The molecule has 1 saturated carbocycles. The number of H-pyrrole nitrogens is 1. The van der Waals surface area contributed by atoms with E-state index in [1.807, 2.05) is 9.80 Å². The van der Waals surface area contributed by atoms with Gasteiger partial charge in [0.2, 0.25) is 5.91 Å². The average Bonchev–Trinajstić information content (AvgIpc) is 3.53. The molecule has 0 spiro atoms. The monoisotopic (exact) mass is 442 g/mol. The van der Waals surface area contributed by atoms with E-state index in [1.165, 1.54) is 12.8 Å². The van der Waals surface area contributed by atoms with Gasteiger partial charge in [0.25, 0.3) is 11.5 Å². The van der Waals surface area contributed by atoms with Gasteiger partial charge in [-0.2, -0.15) is 0 Å². The zero-order chi connectivity index (χ0) is 22.1. The fourth-order valence-corrected chi connectivity index (χ4v) is 5.84. The lowest BCUT2D eigenvalue weighted by Crippen LogP contribution is -2.45. The molecule has 0 aromatic carbocycles. The Morgan fingerprint density at radius 3 is 2.62 bits per heavy atom. The molecule has 4 heterocycles.